The summed E-state index contributed by atoms with van der Waals surface area (Å²) in [5.41, 5.74) is -0.260. The summed E-state index contributed by atoms with van der Waals surface area (Å²) in [6, 6.07) is 8.25. The van der Waals surface area contributed by atoms with Crippen LogP contribution in [0.3, 0.4) is 0 Å². The van der Waals surface area contributed by atoms with E-state index in [1.807, 2.05) is 30.3 Å². The van der Waals surface area contributed by atoms with Crippen molar-refractivity contribution in [2.75, 3.05) is 11.5 Å². The van der Waals surface area contributed by atoms with Gasteiger partial charge in [-0.2, -0.15) is 11.8 Å². The van der Waals surface area contributed by atoms with E-state index in [1.165, 1.54) is 18.7 Å². The first kappa shape index (κ1) is 16.5. The zero-order valence-electron chi connectivity index (χ0n) is 11.5. The Morgan fingerprint density at radius 2 is 1.95 bits per heavy atom. The number of thioether (sulfide) groups is 1. The number of benzene rings is 1. The van der Waals surface area contributed by atoms with Crippen molar-refractivity contribution in [2.45, 2.75) is 25.5 Å². The Balaban J connectivity index is 2.53. The van der Waals surface area contributed by atoms with E-state index in [0.29, 0.717) is 5.75 Å². The first-order valence-electron chi connectivity index (χ1n) is 6.18. The third-order valence-electron chi connectivity index (χ3n) is 2.74. The molecule has 1 amide bonds. The zero-order valence-corrected chi connectivity index (χ0v) is 12.3. The predicted molar refractivity (Wildman–Crippen MR) is 78.6 cm³/mol. The minimum absolute atomic E-state index is 0.206. The van der Waals surface area contributed by atoms with Crippen LogP contribution in [0.1, 0.15) is 19.4 Å². The number of nitrogens with one attached hydrogen (secondary N) is 1. The van der Waals surface area contributed by atoms with Gasteiger partial charge < -0.3 is 15.5 Å². The molecule has 0 bridgehead atoms. The van der Waals surface area contributed by atoms with Crippen molar-refractivity contribution in [2.24, 2.45) is 0 Å². The Bertz CT molecular complexity index is 462. The number of hydrogen-bond acceptors (Lipinski definition) is 4. The standard InChI is InChI=1S/C14H19NO4S/c1-10(16)15-12(13(17)18)8-20-9-14(2,19)11-6-4-3-5-7-11/h3-7,12,19H,8-9H2,1-2H3,(H,15,16)(H,17,18)/t12-,14?/m0/s1. The molecule has 2 atom stereocenters. The molecule has 1 aromatic carbocycles. The van der Waals surface area contributed by atoms with E-state index in [-0.39, 0.29) is 11.7 Å². The van der Waals surface area contributed by atoms with Crippen LogP contribution in [0, 0.1) is 0 Å². The topological polar surface area (TPSA) is 86.6 Å². The molecule has 0 aromatic heterocycles. The molecule has 6 heteroatoms. The van der Waals surface area contributed by atoms with Gasteiger partial charge in [-0.1, -0.05) is 30.3 Å². The third kappa shape index (κ3) is 5.22. The second-order valence-corrected chi connectivity index (χ2v) is 5.78. The van der Waals surface area contributed by atoms with Crippen LogP contribution in [-0.4, -0.2) is 39.6 Å². The minimum atomic E-state index is -1.08. The van der Waals surface area contributed by atoms with E-state index >= 15 is 0 Å². The van der Waals surface area contributed by atoms with Gasteiger partial charge in [0.25, 0.3) is 0 Å². The number of carbonyl (C=O) groups is 2. The second kappa shape index (κ2) is 7.31. The lowest BCUT2D eigenvalue weighted by Crippen LogP contribution is -2.41. The third-order valence-corrected chi connectivity index (χ3v) is 4.07. The van der Waals surface area contributed by atoms with Gasteiger partial charge in [0.05, 0.1) is 5.60 Å². The number of carboxylic acids is 1. The van der Waals surface area contributed by atoms with Crippen molar-refractivity contribution in [3.8, 4) is 0 Å². The van der Waals surface area contributed by atoms with Crippen LogP contribution in [0.4, 0.5) is 0 Å². The zero-order chi connectivity index (χ0) is 15.2. The number of carboxylic acid groups (broad SMARTS) is 1. The molecule has 0 saturated carbocycles. The number of carbonyl (C=O) groups excluding carboxylic acids is 1. The van der Waals surface area contributed by atoms with Crippen LogP contribution < -0.4 is 5.32 Å². The quantitative estimate of drug-likeness (QED) is 0.704. The fraction of sp³-hybridized carbons (Fsp3) is 0.429. The molecular formula is C14H19NO4S. The Kier molecular flexibility index (Phi) is 6.04. The lowest BCUT2D eigenvalue weighted by atomic mass is 9.99. The maximum atomic E-state index is 11.0. The molecule has 5 nitrogen and oxygen atoms in total. The minimum Gasteiger partial charge on any atom is -0.480 e. The number of aliphatic carboxylic acids is 1. The Labute approximate surface area is 122 Å². The summed E-state index contributed by atoms with van der Waals surface area (Å²) in [7, 11) is 0. The molecule has 0 radical (unpaired) electrons. The van der Waals surface area contributed by atoms with E-state index < -0.39 is 17.6 Å². The Morgan fingerprint density at radius 1 is 1.35 bits per heavy atom. The fourth-order valence-electron chi connectivity index (χ4n) is 1.68. The average Bonchev–Trinajstić information content (AvgIpc) is 2.38. The summed E-state index contributed by atoms with van der Waals surface area (Å²) >= 11 is 1.29. The average molecular weight is 297 g/mol. The second-order valence-electron chi connectivity index (χ2n) is 4.75. The molecule has 0 spiro atoms. The Hall–Kier alpha value is -1.53. The van der Waals surface area contributed by atoms with E-state index in [9.17, 15) is 14.7 Å². The molecule has 0 aliphatic rings. The highest BCUT2D eigenvalue weighted by Gasteiger charge is 2.25. The van der Waals surface area contributed by atoms with E-state index in [0.717, 1.165) is 5.56 Å². The van der Waals surface area contributed by atoms with Crippen molar-refractivity contribution in [3.63, 3.8) is 0 Å². The first-order chi connectivity index (χ1) is 9.33. The lowest BCUT2D eigenvalue weighted by Gasteiger charge is -2.24. The summed E-state index contributed by atoms with van der Waals surface area (Å²) in [6.45, 7) is 2.96. The molecule has 1 aromatic rings. The van der Waals surface area contributed by atoms with Crippen LogP contribution >= 0.6 is 11.8 Å². The number of amides is 1. The van der Waals surface area contributed by atoms with Crippen molar-refractivity contribution >= 4 is 23.6 Å². The fourth-order valence-corrected chi connectivity index (χ4v) is 2.82. The summed E-state index contributed by atoms with van der Waals surface area (Å²) < 4.78 is 0. The largest absolute Gasteiger partial charge is 0.480 e. The van der Waals surface area contributed by atoms with Gasteiger partial charge in [-0.3, -0.25) is 4.79 Å². The molecule has 0 aliphatic carbocycles. The number of aliphatic hydroxyl groups is 1. The van der Waals surface area contributed by atoms with Gasteiger partial charge in [-0.05, 0) is 12.5 Å². The summed E-state index contributed by atoms with van der Waals surface area (Å²) in [6.07, 6.45) is 0. The summed E-state index contributed by atoms with van der Waals surface area (Å²) in [4.78, 5) is 21.9. The highest BCUT2D eigenvalue weighted by Crippen LogP contribution is 2.25. The van der Waals surface area contributed by atoms with E-state index in [2.05, 4.69) is 5.32 Å². The maximum absolute atomic E-state index is 11.0. The van der Waals surface area contributed by atoms with Crippen molar-refractivity contribution in [3.05, 3.63) is 35.9 Å². The smallest absolute Gasteiger partial charge is 0.327 e. The molecule has 0 heterocycles. The first-order valence-corrected chi connectivity index (χ1v) is 7.34. The van der Waals surface area contributed by atoms with Gasteiger partial charge in [-0.15, -0.1) is 0 Å². The summed E-state index contributed by atoms with van der Waals surface area (Å²) in [5, 5.41) is 21.7. The number of hydrogen-bond donors (Lipinski definition) is 3. The van der Waals surface area contributed by atoms with Gasteiger partial charge in [0.15, 0.2) is 0 Å². The predicted octanol–water partition coefficient (Wildman–Crippen LogP) is 1.22. The highest BCUT2D eigenvalue weighted by atomic mass is 32.2. The van der Waals surface area contributed by atoms with Crippen LogP contribution in [0.25, 0.3) is 0 Å². The number of rotatable bonds is 7. The van der Waals surface area contributed by atoms with Gasteiger partial charge in [0, 0.05) is 18.4 Å². The molecule has 110 valence electrons. The van der Waals surface area contributed by atoms with Crippen molar-refractivity contribution in [1.82, 2.24) is 5.32 Å². The summed E-state index contributed by atoms with van der Waals surface area (Å²) in [5.74, 6) is -0.905. The molecule has 3 N–H and O–H groups in total. The van der Waals surface area contributed by atoms with E-state index in [4.69, 9.17) is 5.11 Å². The highest BCUT2D eigenvalue weighted by molar-refractivity contribution is 7.99. The van der Waals surface area contributed by atoms with Crippen LogP contribution in [-0.2, 0) is 15.2 Å². The maximum Gasteiger partial charge on any atom is 0.327 e. The monoisotopic (exact) mass is 297 g/mol. The van der Waals surface area contributed by atoms with Gasteiger partial charge in [-0.25, -0.2) is 4.79 Å². The molecule has 0 aliphatic heterocycles. The molecule has 0 saturated heterocycles. The van der Waals surface area contributed by atoms with Gasteiger partial charge in [0.2, 0.25) is 5.91 Å². The van der Waals surface area contributed by atoms with Crippen molar-refractivity contribution < 1.29 is 19.8 Å². The molecule has 1 unspecified atom stereocenters. The normalized spacial score (nSPS) is 15.2. The van der Waals surface area contributed by atoms with Crippen molar-refractivity contribution in [1.29, 1.82) is 0 Å². The Morgan fingerprint density at radius 3 is 2.45 bits per heavy atom. The van der Waals surface area contributed by atoms with Gasteiger partial charge >= 0.3 is 5.97 Å². The van der Waals surface area contributed by atoms with Crippen LogP contribution in [0.5, 0.6) is 0 Å². The molecule has 20 heavy (non-hydrogen) atoms. The SMILES string of the molecule is CC(=O)N[C@@H](CSCC(C)(O)c1ccccc1)C(=O)O. The molecule has 0 fully saturated rings. The van der Waals surface area contributed by atoms with Gasteiger partial charge in [0.1, 0.15) is 6.04 Å². The molecule has 1 rings (SSSR count). The molecular weight excluding hydrogens is 278 g/mol. The van der Waals surface area contributed by atoms with E-state index in [1.54, 1.807) is 6.92 Å². The lowest BCUT2D eigenvalue weighted by molar-refractivity contribution is -0.140. The van der Waals surface area contributed by atoms with Crippen LogP contribution in [0.15, 0.2) is 30.3 Å². The van der Waals surface area contributed by atoms with Crippen LogP contribution in [0.2, 0.25) is 0 Å².